The highest BCUT2D eigenvalue weighted by molar-refractivity contribution is 5.96. The van der Waals surface area contributed by atoms with Gasteiger partial charge in [0.15, 0.2) is 5.92 Å². The molecule has 0 amide bonds. The van der Waals surface area contributed by atoms with E-state index in [0.717, 1.165) is 5.56 Å². The molecule has 0 N–H and O–H groups in total. The van der Waals surface area contributed by atoms with Crippen molar-refractivity contribution in [2.24, 2.45) is 5.92 Å². The van der Waals surface area contributed by atoms with Gasteiger partial charge in [-0.1, -0.05) is 44.2 Å². The molecular formula is C14H18O4. The fourth-order valence-electron chi connectivity index (χ4n) is 1.96. The van der Waals surface area contributed by atoms with Gasteiger partial charge in [0.1, 0.15) is 0 Å². The first kappa shape index (κ1) is 14.2. The maximum Gasteiger partial charge on any atom is 0.320 e. The van der Waals surface area contributed by atoms with Gasteiger partial charge < -0.3 is 9.47 Å². The third-order valence-corrected chi connectivity index (χ3v) is 3.11. The predicted molar refractivity (Wildman–Crippen MR) is 67.0 cm³/mol. The highest BCUT2D eigenvalue weighted by Gasteiger charge is 2.43. The van der Waals surface area contributed by atoms with Crippen LogP contribution in [0.25, 0.3) is 0 Å². The van der Waals surface area contributed by atoms with Crippen LogP contribution in [-0.2, 0) is 24.5 Å². The van der Waals surface area contributed by atoms with Crippen LogP contribution in [0, 0.1) is 5.92 Å². The molecule has 18 heavy (non-hydrogen) atoms. The molecule has 0 aliphatic carbocycles. The minimum atomic E-state index is -0.977. The molecule has 0 bridgehead atoms. The van der Waals surface area contributed by atoms with E-state index in [1.54, 1.807) is 0 Å². The second-order valence-corrected chi connectivity index (χ2v) is 4.57. The molecule has 0 spiro atoms. The van der Waals surface area contributed by atoms with Crippen molar-refractivity contribution in [1.82, 2.24) is 0 Å². The van der Waals surface area contributed by atoms with Gasteiger partial charge in [0, 0.05) is 5.41 Å². The molecule has 98 valence electrons. The van der Waals surface area contributed by atoms with Crippen molar-refractivity contribution in [3.63, 3.8) is 0 Å². The topological polar surface area (TPSA) is 52.6 Å². The summed E-state index contributed by atoms with van der Waals surface area (Å²) in [5.41, 5.74) is 0.187. The Morgan fingerprint density at radius 3 is 1.83 bits per heavy atom. The molecule has 0 aliphatic rings. The largest absolute Gasteiger partial charge is 0.468 e. The third kappa shape index (κ3) is 2.70. The zero-order valence-electron chi connectivity index (χ0n) is 11.1. The normalized spacial score (nSPS) is 11.2. The van der Waals surface area contributed by atoms with Crippen LogP contribution in [0.2, 0.25) is 0 Å². The lowest BCUT2D eigenvalue weighted by atomic mass is 9.73. The Hall–Kier alpha value is -1.84. The first-order valence-electron chi connectivity index (χ1n) is 5.66. The number of hydrogen-bond donors (Lipinski definition) is 0. The molecule has 0 saturated carbocycles. The molecule has 0 aliphatic heterocycles. The molecule has 0 atom stereocenters. The summed E-state index contributed by atoms with van der Waals surface area (Å²) in [7, 11) is 2.53. The van der Waals surface area contributed by atoms with Gasteiger partial charge in [0.2, 0.25) is 0 Å². The maximum atomic E-state index is 11.8. The van der Waals surface area contributed by atoms with E-state index in [2.05, 4.69) is 0 Å². The van der Waals surface area contributed by atoms with E-state index < -0.39 is 23.3 Å². The lowest BCUT2D eigenvalue weighted by Gasteiger charge is -2.30. The van der Waals surface area contributed by atoms with E-state index in [4.69, 9.17) is 9.47 Å². The summed E-state index contributed by atoms with van der Waals surface area (Å²) in [4.78, 5) is 23.6. The molecule has 0 fully saturated rings. The SMILES string of the molecule is COC(=O)C(C(=O)OC)C(C)(C)c1ccccc1. The van der Waals surface area contributed by atoms with Crippen molar-refractivity contribution < 1.29 is 19.1 Å². The fraction of sp³-hybridized carbons (Fsp3) is 0.429. The van der Waals surface area contributed by atoms with Gasteiger partial charge in [-0.15, -0.1) is 0 Å². The summed E-state index contributed by atoms with van der Waals surface area (Å²) >= 11 is 0. The number of ether oxygens (including phenoxy) is 2. The van der Waals surface area contributed by atoms with Crippen molar-refractivity contribution in [3.8, 4) is 0 Å². The molecule has 1 aromatic carbocycles. The van der Waals surface area contributed by atoms with Crippen molar-refractivity contribution in [2.45, 2.75) is 19.3 Å². The van der Waals surface area contributed by atoms with E-state index in [9.17, 15) is 9.59 Å². The minimum Gasteiger partial charge on any atom is -0.468 e. The van der Waals surface area contributed by atoms with E-state index >= 15 is 0 Å². The van der Waals surface area contributed by atoms with Crippen LogP contribution >= 0.6 is 0 Å². The number of esters is 2. The Labute approximate surface area is 107 Å². The van der Waals surface area contributed by atoms with Crippen molar-refractivity contribution in [2.75, 3.05) is 14.2 Å². The lowest BCUT2D eigenvalue weighted by Crippen LogP contribution is -2.41. The highest BCUT2D eigenvalue weighted by Crippen LogP contribution is 2.33. The summed E-state index contributed by atoms with van der Waals surface area (Å²) in [5, 5.41) is 0. The molecule has 0 saturated heterocycles. The number of carbonyl (C=O) groups is 2. The zero-order valence-corrected chi connectivity index (χ0v) is 11.1. The van der Waals surface area contributed by atoms with E-state index in [-0.39, 0.29) is 0 Å². The Morgan fingerprint density at radius 1 is 1.00 bits per heavy atom. The predicted octanol–water partition coefficient (Wildman–Crippen LogP) is 1.93. The second-order valence-electron chi connectivity index (χ2n) is 4.57. The Morgan fingerprint density at radius 2 is 1.44 bits per heavy atom. The first-order valence-corrected chi connectivity index (χ1v) is 5.66. The van der Waals surface area contributed by atoms with Gasteiger partial charge in [-0.2, -0.15) is 0 Å². The molecule has 1 rings (SSSR count). The summed E-state index contributed by atoms with van der Waals surface area (Å²) in [6.45, 7) is 3.64. The molecule has 4 heteroatoms. The minimum absolute atomic E-state index is 0.587. The van der Waals surface area contributed by atoms with Gasteiger partial charge in [-0.3, -0.25) is 9.59 Å². The zero-order chi connectivity index (χ0) is 13.8. The summed E-state index contributed by atoms with van der Waals surface area (Å²) in [5.74, 6) is -2.15. The van der Waals surface area contributed by atoms with Crippen molar-refractivity contribution >= 4 is 11.9 Å². The van der Waals surface area contributed by atoms with Crippen LogP contribution in [0.15, 0.2) is 30.3 Å². The Bertz CT molecular complexity index is 407. The van der Waals surface area contributed by atoms with E-state index in [1.807, 2.05) is 44.2 Å². The summed E-state index contributed by atoms with van der Waals surface area (Å²) < 4.78 is 9.41. The molecular weight excluding hydrogens is 232 g/mol. The molecule has 1 aromatic rings. The summed E-state index contributed by atoms with van der Waals surface area (Å²) in [6.07, 6.45) is 0. The lowest BCUT2D eigenvalue weighted by molar-refractivity contribution is -0.162. The Balaban J connectivity index is 3.19. The highest BCUT2D eigenvalue weighted by atomic mass is 16.5. The fourth-order valence-corrected chi connectivity index (χ4v) is 1.96. The van der Waals surface area contributed by atoms with Gasteiger partial charge in [0.25, 0.3) is 0 Å². The number of rotatable bonds is 4. The molecule has 4 nitrogen and oxygen atoms in total. The van der Waals surface area contributed by atoms with Crippen LogP contribution in [0.3, 0.4) is 0 Å². The maximum absolute atomic E-state index is 11.8. The average Bonchev–Trinajstić information content (AvgIpc) is 2.39. The quantitative estimate of drug-likeness (QED) is 0.605. The first-order chi connectivity index (χ1) is 8.45. The van der Waals surface area contributed by atoms with Crippen LogP contribution in [0.5, 0.6) is 0 Å². The van der Waals surface area contributed by atoms with Gasteiger partial charge in [0.05, 0.1) is 14.2 Å². The number of methoxy groups -OCH3 is 2. The number of carbonyl (C=O) groups excluding carboxylic acids is 2. The molecule has 0 radical (unpaired) electrons. The van der Waals surface area contributed by atoms with Crippen molar-refractivity contribution in [1.29, 1.82) is 0 Å². The van der Waals surface area contributed by atoms with Crippen LogP contribution in [0.4, 0.5) is 0 Å². The van der Waals surface area contributed by atoms with E-state index in [1.165, 1.54) is 14.2 Å². The van der Waals surface area contributed by atoms with Gasteiger partial charge in [-0.05, 0) is 5.56 Å². The number of benzene rings is 1. The monoisotopic (exact) mass is 250 g/mol. The van der Waals surface area contributed by atoms with Crippen LogP contribution in [-0.4, -0.2) is 26.2 Å². The van der Waals surface area contributed by atoms with Gasteiger partial charge >= 0.3 is 11.9 Å². The smallest absolute Gasteiger partial charge is 0.320 e. The van der Waals surface area contributed by atoms with Crippen LogP contribution < -0.4 is 0 Å². The standard InChI is InChI=1S/C14H18O4/c1-14(2,10-8-6-5-7-9-10)11(12(15)17-3)13(16)18-4/h5-9,11H,1-4H3. The second kappa shape index (κ2) is 5.67. The molecule has 0 heterocycles. The Kier molecular flexibility index (Phi) is 4.48. The van der Waals surface area contributed by atoms with Crippen molar-refractivity contribution in [3.05, 3.63) is 35.9 Å². The number of hydrogen-bond acceptors (Lipinski definition) is 4. The average molecular weight is 250 g/mol. The summed E-state index contributed by atoms with van der Waals surface area (Å²) in [6, 6.07) is 9.36. The van der Waals surface area contributed by atoms with Gasteiger partial charge in [-0.25, -0.2) is 0 Å². The van der Waals surface area contributed by atoms with E-state index in [0.29, 0.717) is 0 Å². The van der Waals surface area contributed by atoms with Crippen LogP contribution in [0.1, 0.15) is 19.4 Å². The molecule has 0 aromatic heterocycles. The third-order valence-electron chi connectivity index (χ3n) is 3.11. The molecule has 0 unspecified atom stereocenters.